The van der Waals surface area contributed by atoms with Crippen LogP contribution < -0.4 is 9.47 Å². The Balaban J connectivity index is 2.36. The van der Waals surface area contributed by atoms with Gasteiger partial charge >= 0.3 is 0 Å². The molecule has 1 aromatic carbocycles. The zero-order valence-corrected chi connectivity index (χ0v) is 12.0. The lowest BCUT2D eigenvalue weighted by atomic mass is 9.97. The normalized spacial score (nSPS) is 15.8. The van der Waals surface area contributed by atoms with Gasteiger partial charge in [-0.15, -0.1) is 11.6 Å². The Bertz CT molecular complexity index is 421. The van der Waals surface area contributed by atoms with Gasteiger partial charge in [0.25, 0.3) is 0 Å². The first-order valence-corrected chi connectivity index (χ1v) is 6.79. The van der Waals surface area contributed by atoms with Gasteiger partial charge in [-0.05, 0) is 50.7 Å². The van der Waals surface area contributed by atoms with Crippen molar-refractivity contribution < 1.29 is 9.47 Å². The molecule has 1 aliphatic heterocycles. The molecule has 0 aromatic heterocycles. The molecule has 1 aliphatic rings. The number of aryl methyl sites for hydroxylation is 1. The van der Waals surface area contributed by atoms with Crippen molar-refractivity contribution in [1.82, 2.24) is 4.90 Å². The number of ether oxygens (including phenoxy) is 2. The molecule has 18 heavy (non-hydrogen) atoms. The summed E-state index contributed by atoms with van der Waals surface area (Å²) in [7, 11) is 4.15. The SMILES string of the molecule is Cc1cc2c(cc1C(CCCl)N(C)C)OCCO2. The maximum atomic E-state index is 5.90. The third kappa shape index (κ3) is 2.73. The van der Waals surface area contributed by atoms with Gasteiger partial charge in [0.05, 0.1) is 0 Å². The van der Waals surface area contributed by atoms with Gasteiger partial charge in [-0.2, -0.15) is 0 Å². The van der Waals surface area contributed by atoms with Crippen molar-refractivity contribution in [1.29, 1.82) is 0 Å². The van der Waals surface area contributed by atoms with E-state index in [4.69, 9.17) is 21.1 Å². The Morgan fingerprint density at radius 1 is 1.22 bits per heavy atom. The summed E-state index contributed by atoms with van der Waals surface area (Å²) in [6.45, 7) is 3.36. The van der Waals surface area contributed by atoms with E-state index >= 15 is 0 Å². The van der Waals surface area contributed by atoms with Crippen molar-refractivity contribution in [3.8, 4) is 11.5 Å². The fraction of sp³-hybridized carbons (Fsp3) is 0.571. The highest BCUT2D eigenvalue weighted by Gasteiger charge is 2.20. The molecule has 3 nitrogen and oxygen atoms in total. The van der Waals surface area contributed by atoms with Crippen LogP contribution in [0.3, 0.4) is 0 Å². The largest absolute Gasteiger partial charge is 0.486 e. The van der Waals surface area contributed by atoms with Gasteiger partial charge in [0.15, 0.2) is 11.5 Å². The lowest BCUT2D eigenvalue weighted by molar-refractivity contribution is 0.170. The van der Waals surface area contributed by atoms with Gasteiger partial charge in [-0.25, -0.2) is 0 Å². The highest BCUT2D eigenvalue weighted by Crippen LogP contribution is 2.37. The number of rotatable bonds is 4. The molecular formula is C14H20ClNO2. The third-order valence-electron chi connectivity index (χ3n) is 3.30. The topological polar surface area (TPSA) is 21.7 Å². The molecule has 0 spiro atoms. The molecule has 0 amide bonds. The van der Waals surface area contributed by atoms with Crippen LogP contribution in [0.15, 0.2) is 12.1 Å². The molecule has 100 valence electrons. The summed E-state index contributed by atoms with van der Waals surface area (Å²) >= 11 is 5.90. The van der Waals surface area contributed by atoms with Crippen LogP contribution in [0.2, 0.25) is 0 Å². The zero-order chi connectivity index (χ0) is 13.1. The Hall–Kier alpha value is -0.930. The van der Waals surface area contributed by atoms with Crippen molar-refractivity contribution in [2.45, 2.75) is 19.4 Å². The van der Waals surface area contributed by atoms with E-state index in [1.165, 1.54) is 11.1 Å². The molecule has 4 heteroatoms. The van der Waals surface area contributed by atoms with E-state index in [9.17, 15) is 0 Å². The van der Waals surface area contributed by atoms with Crippen LogP contribution in [0, 0.1) is 6.92 Å². The summed E-state index contributed by atoms with van der Waals surface area (Å²) in [5.74, 6) is 2.35. The standard InChI is InChI=1S/C14H20ClNO2/c1-10-8-13-14(18-7-6-17-13)9-11(10)12(4-5-15)16(2)3/h8-9,12H,4-7H2,1-3H3. The molecule has 1 atom stereocenters. The Morgan fingerprint density at radius 2 is 1.83 bits per heavy atom. The number of fused-ring (bicyclic) bond motifs is 1. The summed E-state index contributed by atoms with van der Waals surface area (Å²) in [6.07, 6.45) is 0.926. The lowest BCUT2D eigenvalue weighted by Gasteiger charge is -2.28. The Morgan fingerprint density at radius 3 is 2.39 bits per heavy atom. The first-order valence-electron chi connectivity index (χ1n) is 6.26. The van der Waals surface area contributed by atoms with E-state index in [-0.39, 0.29) is 0 Å². The summed E-state index contributed by atoms with van der Waals surface area (Å²) < 4.78 is 11.2. The van der Waals surface area contributed by atoms with E-state index in [2.05, 4.69) is 38.1 Å². The van der Waals surface area contributed by atoms with Gasteiger partial charge in [0, 0.05) is 11.9 Å². The molecule has 0 saturated carbocycles. The molecule has 0 N–H and O–H groups in total. The first kappa shape index (κ1) is 13.5. The molecule has 1 aromatic rings. The fourth-order valence-corrected chi connectivity index (χ4v) is 2.57. The van der Waals surface area contributed by atoms with Crippen molar-refractivity contribution in [3.05, 3.63) is 23.3 Å². The van der Waals surface area contributed by atoms with Gasteiger partial charge < -0.3 is 14.4 Å². The highest BCUT2D eigenvalue weighted by atomic mass is 35.5. The van der Waals surface area contributed by atoms with E-state index in [0.717, 1.165) is 17.9 Å². The maximum absolute atomic E-state index is 5.90. The van der Waals surface area contributed by atoms with Crippen LogP contribution in [0.5, 0.6) is 11.5 Å². The third-order valence-corrected chi connectivity index (χ3v) is 3.51. The molecule has 0 aliphatic carbocycles. The fourth-order valence-electron chi connectivity index (χ4n) is 2.36. The smallest absolute Gasteiger partial charge is 0.161 e. The number of hydrogen-bond donors (Lipinski definition) is 0. The lowest BCUT2D eigenvalue weighted by Crippen LogP contribution is -2.22. The molecule has 1 unspecified atom stereocenters. The predicted molar refractivity (Wildman–Crippen MR) is 73.9 cm³/mol. The van der Waals surface area contributed by atoms with E-state index in [1.54, 1.807) is 0 Å². The summed E-state index contributed by atoms with van der Waals surface area (Å²) in [5.41, 5.74) is 2.49. The van der Waals surface area contributed by atoms with Gasteiger partial charge in [-0.1, -0.05) is 0 Å². The molecule has 2 rings (SSSR count). The molecular weight excluding hydrogens is 250 g/mol. The number of alkyl halides is 1. The van der Waals surface area contributed by atoms with E-state index in [1.807, 2.05) is 0 Å². The number of halogens is 1. The molecule has 0 saturated heterocycles. The Kier molecular flexibility index (Phi) is 4.36. The average Bonchev–Trinajstić information content (AvgIpc) is 2.35. The van der Waals surface area contributed by atoms with E-state index in [0.29, 0.717) is 25.1 Å². The van der Waals surface area contributed by atoms with Gasteiger partial charge in [0.2, 0.25) is 0 Å². The van der Waals surface area contributed by atoms with Crippen LogP contribution in [-0.2, 0) is 0 Å². The minimum atomic E-state index is 0.318. The van der Waals surface area contributed by atoms with Crippen molar-refractivity contribution >= 4 is 11.6 Å². The van der Waals surface area contributed by atoms with Gasteiger partial charge in [0.1, 0.15) is 13.2 Å². The van der Waals surface area contributed by atoms with Crippen LogP contribution in [0.25, 0.3) is 0 Å². The maximum Gasteiger partial charge on any atom is 0.161 e. The highest BCUT2D eigenvalue weighted by molar-refractivity contribution is 6.17. The number of nitrogens with zero attached hydrogens (tertiary/aromatic N) is 1. The van der Waals surface area contributed by atoms with Crippen LogP contribution in [-0.4, -0.2) is 38.1 Å². The monoisotopic (exact) mass is 269 g/mol. The van der Waals surface area contributed by atoms with Crippen molar-refractivity contribution in [3.63, 3.8) is 0 Å². The quantitative estimate of drug-likeness (QED) is 0.785. The molecule has 0 bridgehead atoms. The second-order valence-electron chi connectivity index (χ2n) is 4.81. The minimum Gasteiger partial charge on any atom is -0.486 e. The Labute approximate surface area is 114 Å². The van der Waals surface area contributed by atoms with E-state index < -0.39 is 0 Å². The summed E-state index contributed by atoms with van der Waals surface area (Å²) in [6, 6.07) is 4.48. The summed E-state index contributed by atoms with van der Waals surface area (Å²) in [4.78, 5) is 2.20. The van der Waals surface area contributed by atoms with Crippen LogP contribution in [0.4, 0.5) is 0 Å². The van der Waals surface area contributed by atoms with Crippen LogP contribution >= 0.6 is 11.6 Å². The van der Waals surface area contributed by atoms with Gasteiger partial charge in [-0.3, -0.25) is 0 Å². The first-order chi connectivity index (χ1) is 8.63. The molecule has 1 heterocycles. The van der Waals surface area contributed by atoms with Crippen molar-refractivity contribution in [2.24, 2.45) is 0 Å². The molecule has 0 radical (unpaired) electrons. The predicted octanol–water partition coefficient (Wildman–Crippen LogP) is 3.00. The van der Waals surface area contributed by atoms with Crippen molar-refractivity contribution in [2.75, 3.05) is 33.2 Å². The zero-order valence-electron chi connectivity index (χ0n) is 11.2. The number of benzene rings is 1. The second-order valence-corrected chi connectivity index (χ2v) is 5.19. The van der Waals surface area contributed by atoms with Crippen LogP contribution in [0.1, 0.15) is 23.6 Å². The number of hydrogen-bond acceptors (Lipinski definition) is 3. The average molecular weight is 270 g/mol. The summed E-state index contributed by atoms with van der Waals surface area (Å²) in [5, 5.41) is 0. The molecule has 0 fully saturated rings. The second kappa shape index (κ2) is 5.81. The minimum absolute atomic E-state index is 0.318.